The number of nitrogen functional groups attached to an aromatic ring is 1. The molecule has 0 radical (unpaired) electrons. The van der Waals surface area contributed by atoms with Crippen molar-refractivity contribution in [2.75, 3.05) is 12.3 Å². The maximum atomic E-state index is 12.9. The molecular formula is C25H26N4O2. The number of benzene rings is 2. The number of aryl methyl sites for hydroxylation is 1. The first kappa shape index (κ1) is 19.6. The lowest BCUT2D eigenvalue weighted by atomic mass is 9.95. The van der Waals surface area contributed by atoms with Crippen LogP contribution in [0, 0.1) is 0 Å². The maximum Gasteiger partial charge on any atom is 0.251 e. The molecule has 1 amide bonds. The fourth-order valence-corrected chi connectivity index (χ4v) is 4.71. The van der Waals surface area contributed by atoms with Gasteiger partial charge >= 0.3 is 0 Å². The highest BCUT2D eigenvalue weighted by Crippen LogP contribution is 2.32. The van der Waals surface area contributed by atoms with Crippen molar-refractivity contribution in [3.63, 3.8) is 0 Å². The van der Waals surface area contributed by atoms with Crippen molar-refractivity contribution in [3.05, 3.63) is 70.9 Å². The second kappa shape index (κ2) is 8.04. The molecule has 4 aromatic rings. The van der Waals surface area contributed by atoms with Gasteiger partial charge < -0.3 is 20.7 Å². The maximum absolute atomic E-state index is 12.9. The van der Waals surface area contributed by atoms with Gasteiger partial charge in [0, 0.05) is 40.6 Å². The molecule has 0 saturated heterocycles. The van der Waals surface area contributed by atoms with Crippen LogP contribution >= 0.6 is 0 Å². The summed E-state index contributed by atoms with van der Waals surface area (Å²) in [6, 6.07) is 15.6. The van der Waals surface area contributed by atoms with E-state index in [1.807, 2.05) is 42.5 Å². The highest BCUT2D eigenvalue weighted by molar-refractivity contribution is 5.99. The van der Waals surface area contributed by atoms with Gasteiger partial charge in [-0.05, 0) is 73.2 Å². The first-order valence-electron chi connectivity index (χ1n) is 10.8. The molecule has 0 fully saturated rings. The van der Waals surface area contributed by atoms with Gasteiger partial charge in [-0.25, -0.2) is 4.98 Å². The van der Waals surface area contributed by atoms with E-state index in [1.54, 1.807) is 6.07 Å². The first-order valence-corrected chi connectivity index (χ1v) is 10.8. The minimum absolute atomic E-state index is 0.0954. The van der Waals surface area contributed by atoms with Gasteiger partial charge in [0.1, 0.15) is 5.82 Å². The summed E-state index contributed by atoms with van der Waals surface area (Å²) in [5, 5.41) is 14.7. The van der Waals surface area contributed by atoms with E-state index in [0.717, 1.165) is 40.2 Å². The van der Waals surface area contributed by atoms with E-state index >= 15 is 0 Å². The molecule has 0 atom stereocenters. The van der Waals surface area contributed by atoms with Crippen molar-refractivity contribution in [2.45, 2.75) is 38.8 Å². The average Bonchev–Trinajstić information content (AvgIpc) is 3.10. The molecule has 31 heavy (non-hydrogen) atoms. The molecule has 0 aliphatic heterocycles. The Hall–Kier alpha value is -3.38. The Morgan fingerprint density at radius 3 is 2.81 bits per heavy atom. The van der Waals surface area contributed by atoms with Crippen molar-refractivity contribution < 1.29 is 9.90 Å². The lowest BCUT2D eigenvalue weighted by Gasteiger charge is -2.15. The standard InChI is InChI=1S/C25H26N4O2/c26-24-10-8-17-6-5-16(13-21(17)28-24)15-27-25(31)18-7-9-23-20(14-18)19-3-1-2-4-22(19)29(23)11-12-30/h5-10,13-14,30H,1-4,11-12,15H2,(H2,26,28)(H,27,31). The number of hydrogen-bond donors (Lipinski definition) is 3. The molecule has 1 aliphatic carbocycles. The van der Waals surface area contributed by atoms with E-state index in [0.29, 0.717) is 24.5 Å². The summed E-state index contributed by atoms with van der Waals surface area (Å²) in [5.41, 5.74) is 12.0. The van der Waals surface area contributed by atoms with Crippen LogP contribution in [0.1, 0.15) is 40.0 Å². The number of carbonyl (C=O) groups is 1. The highest BCUT2D eigenvalue weighted by atomic mass is 16.3. The van der Waals surface area contributed by atoms with Gasteiger partial charge in [0.05, 0.1) is 12.1 Å². The summed E-state index contributed by atoms with van der Waals surface area (Å²) in [4.78, 5) is 17.2. The van der Waals surface area contributed by atoms with E-state index < -0.39 is 0 Å². The number of fused-ring (bicyclic) bond motifs is 4. The fraction of sp³-hybridized carbons (Fsp3) is 0.280. The second-order valence-electron chi connectivity index (χ2n) is 8.19. The Labute approximate surface area is 180 Å². The summed E-state index contributed by atoms with van der Waals surface area (Å²) < 4.78 is 2.22. The van der Waals surface area contributed by atoms with Crippen LogP contribution in [0.5, 0.6) is 0 Å². The third-order valence-electron chi connectivity index (χ3n) is 6.19. The molecule has 0 unspecified atom stereocenters. The summed E-state index contributed by atoms with van der Waals surface area (Å²) >= 11 is 0. The van der Waals surface area contributed by atoms with Gasteiger partial charge in [0.2, 0.25) is 0 Å². The fourth-order valence-electron chi connectivity index (χ4n) is 4.71. The van der Waals surface area contributed by atoms with E-state index in [4.69, 9.17) is 5.73 Å². The van der Waals surface area contributed by atoms with Crippen molar-refractivity contribution in [2.24, 2.45) is 0 Å². The van der Waals surface area contributed by atoms with Crippen LogP contribution in [0.2, 0.25) is 0 Å². The number of carbonyl (C=O) groups excluding carboxylic acids is 1. The molecule has 0 spiro atoms. The molecule has 5 rings (SSSR count). The van der Waals surface area contributed by atoms with Crippen LogP contribution in [-0.2, 0) is 25.9 Å². The molecule has 2 aromatic heterocycles. The summed E-state index contributed by atoms with van der Waals surface area (Å²) in [6.07, 6.45) is 4.41. The highest BCUT2D eigenvalue weighted by Gasteiger charge is 2.20. The number of hydrogen-bond acceptors (Lipinski definition) is 4. The van der Waals surface area contributed by atoms with Gasteiger partial charge in [-0.1, -0.05) is 12.1 Å². The zero-order chi connectivity index (χ0) is 21.4. The summed E-state index contributed by atoms with van der Waals surface area (Å²) in [5.74, 6) is 0.389. The second-order valence-corrected chi connectivity index (χ2v) is 8.19. The molecule has 158 valence electrons. The number of rotatable bonds is 5. The molecule has 2 heterocycles. The number of aliphatic hydroxyl groups is 1. The Bertz CT molecular complexity index is 1290. The Kier molecular flexibility index (Phi) is 5.08. The SMILES string of the molecule is Nc1ccc2ccc(CNC(=O)c3ccc4c(c3)c3c(n4CCO)CCCC3)cc2n1. The predicted molar refractivity (Wildman–Crippen MR) is 123 cm³/mol. The first-order chi connectivity index (χ1) is 15.1. The van der Waals surface area contributed by atoms with Gasteiger partial charge in [-0.15, -0.1) is 0 Å². The number of anilines is 1. The van der Waals surface area contributed by atoms with E-state index in [1.165, 1.54) is 24.1 Å². The molecule has 6 heteroatoms. The van der Waals surface area contributed by atoms with Crippen LogP contribution in [0.25, 0.3) is 21.8 Å². The topological polar surface area (TPSA) is 93.2 Å². The molecule has 4 N–H and O–H groups in total. The van der Waals surface area contributed by atoms with Crippen LogP contribution in [0.3, 0.4) is 0 Å². The van der Waals surface area contributed by atoms with Crippen LogP contribution in [0.4, 0.5) is 5.82 Å². The van der Waals surface area contributed by atoms with E-state index in [9.17, 15) is 9.90 Å². The van der Waals surface area contributed by atoms with Crippen molar-refractivity contribution in [1.82, 2.24) is 14.9 Å². The third kappa shape index (κ3) is 3.64. The van der Waals surface area contributed by atoms with E-state index in [2.05, 4.69) is 14.9 Å². The molecular weight excluding hydrogens is 388 g/mol. The molecule has 0 saturated carbocycles. The zero-order valence-electron chi connectivity index (χ0n) is 17.4. The van der Waals surface area contributed by atoms with Gasteiger partial charge in [-0.3, -0.25) is 4.79 Å². The number of nitrogens with two attached hydrogens (primary N) is 1. The molecule has 2 aromatic carbocycles. The lowest BCUT2D eigenvalue weighted by molar-refractivity contribution is 0.0951. The quantitative estimate of drug-likeness (QED) is 0.465. The van der Waals surface area contributed by atoms with Crippen LogP contribution < -0.4 is 11.1 Å². The predicted octanol–water partition coefficient (Wildman–Crippen LogP) is 3.57. The summed E-state index contributed by atoms with van der Waals surface area (Å²) in [7, 11) is 0. The number of nitrogens with zero attached hydrogens (tertiary/aromatic N) is 2. The minimum atomic E-state index is -0.0954. The third-order valence-corrected chi connectivity index (χ3v) is 6.19. The number of pyridine rings is 1. The number of amides is 1. The largest absolute Gasteiger partial charge is 0.395 e. The van der Waals surface area contributed by atoms with Gasteiger partial charge in [0.25, 0.3) is 5.91 Å². The Morgan fingerprint density at radius 1 is 1.10 bits per heavy atom. The van der Waals surface area contributed by atoms with Crippen LogP contribution in [-0.4, -0.2) is 27.2 Å². The van der Waals surface area contributed by atoms with Crippen molar-refractivity contribution in [3.8, 4) is 0 Å². The van der Waals surface area contributed by atoms with Gasteiger partial charge in [0.15, 0.2) is 0 Å². The Balaban J connectivity index is 1.40. The average molecular weight is 415 g/mol. The lowest BCUT2D eigenvalue weighted by Crippen LogP contribution is -2.22. The van der Waals surface area contributed by atoms with Crippen LogP contribution in [0.15, 0.2) is 48.5 Å². The molecule has 0 bridgehead atoms. The smallest absolute Gasteiger partial charge is 0.251 e. The molecule has 6 nitrogen and oxygen atoms in total. The summed E-state index contributed by atoms with van der Waals surface area (Å²) in [6.45, 7) is 1.13. The van der Waals surface area contributed by atoms with Gasteiger partial charge in [-0.2, -0.15) is 0 Å². The monoisotopic (exact) mass is 414 g/mol. The zero-order valence-corrected chi connectivity index (χ0v) is 17.4. The van der Waals surface area contributed by atoms with Crippen molar-refractivity contribution in [1.29, 1.82) is 0 Å². The minimum Gasteiger partial charge on any atom is -0.395 e. The Morgan fingerprint density at radius 2 is 1.94 bits per heavy atom. The normalized spacial score (nSPS) is 13.5. The van der Waals surface area contributed by atoms with Crippen molar-refractivity contribution >= 4 is 33.5 Å². The number of aliphatic hydroxyl groups excluding tert-OH is 1. The number of aromatic nitrogens is 2. The number of nitrogens with one attached hydrogen (secondary N) is 1. The molecule has 1 aliphatic rings. The van der Waals surface area contributed by atoms with E-state index in [-0.39, 0.29) is 12.5 Å².